The van der Waals surface area contributed by atoms with Crippen LogP contribution in [0.15, 0.2) is 0 Å². The van der Waals surface area contributed by atoms with Crippen LogP contribution in [0.25, 0.3) is 0 Å². The van der Waals surface area contributed by atoms with E-state index in [1.807, 2.05) is 0 Å². The van der Waals surface area contributed by atoms with Crippen molar-refractivity contribution >= 4 is 0 Å². The Balaban J connectivity index is 3.48. The van der Waals surface area contributed by atoms with Gasteiger partial charge in [-0.3, -0.25) is 0 Å². The molecule has 3 unspecified atom stereocenters. The third-order valence-corrected chi connectivity index (χ3v) is 6.07. The molecule has 0 aromatic heterocycles. The lowest BCUT2D eigenvalue weighted by Gasteiger charge is -2.17. The van der Waals surface area contributed by atoms with E-state index in [0.717, 1.165) is 23.7 Å². The van der Waals surface area contributed by atoms with E-state index in [9.17, 15) is 0 Å². The van der Waals surface area contributed by atoms with Gasteiger partial charge in [-0.2, -0.15) is 0 Å². The Morgan fingerprint density at radius 1 is 0.400 bits per heavy atom. The molecule has 0 radical (unpaired) electrons. The SMILES string of the molecule is CCCCCCCCC(C)CCC(C)CCCC(C)CCCC(C)C. The average molecular weight is 353 g/mol. The summed E-state index contributed by atoms with van der Waals surface area (Å²) in [7, 11) is 0. The van der Waals surface area contributed by atoms with Gasteiger partial charge >= 0.3 is 0 Å². The second kappa shape index (κ2) is 17.4. The van der Waals surface area contributed by atoms with E-state index in [1.165, 1.54) is 96.3 Å². The molecule has 0 spiro atoms. The van der Waals surface area contributed by atoms with Crippen LogP contribution in [0.5, 0.6) is 0 Å². The van der Waals surface area contributed by atoms with Gasteiger partial charge in [0.05, 0.1) is 0 Å². The summed E-state index contributed by atoms with van der Waals surface area (Å²) >= 11 is 0. The highest BCUT2D eigenvalue weighted by Crippen LogP contribution is 2.23. The van der Waals surface area contributed by atoms with Gasteiger partial charge in [0, 0.05) is 0 Å². The molecule has 0 aliphatic heterocycles. The van der Waals surface area contributed by atoms with Crippen molar-refractivity contribution in [3.63, 3.8) is 0 Å². The van der Waals surface area contributed by atoms with Crippen LogP contribution in [0, 0.1) is 23.7 Å². The molecule has 0 saturated carbocycles. The van der Waals surface area contributed by atoms with E-state index in [2.05, 4.69) is 41.5 Å². The molecule has 0 heterocycles. The Morgan fingerprint density at radius 3 is 1.32 bits per heavy atom. The zero-order chi connectivity index (χ0) is 18.9. The van der Waals surface area contributed by atoms with Crippen molar-refractivity contribution in [2.24, 2.45) is 23.7 Å². The first-order valence-corrected chi connectivity index (χ1v) is 12.0. The molecule has 0 aliphatic carbocycles. The van der Waals surface area contributed by atoms with Gasteiger partial charge in [0.15, 0.2) is 0 Å². The fourth-order valence-electron chi connectivity index (χ4n) is 3.96. The van der Waals surface area contributed by atoms with Crippen molar-refractivity contribution in [1.82, 2.24) is 0 Å². The fraction of sp³-hybridized carbons (Fsp3) is 1.00. The molecule has 0 rings (SSSR count). The van der Waals surface area contributed by atoms with Gasteiger partial charge in [-0.05, 0) is 23.7 Å². The van der Waals surface area contributed by atoms with Crippen molar-refractivity contribution in [3.8, 4) is 0 Å². The first kappa shape index (κ1) is 25.0. The van der Waals surface area contributed by atoms with E-state index in [0.29, 0.717) is 0 Å². The molecule has 0 bridgehead atoms. The minimum atomic E-state index is 0.880. The zero-order valence-corrected chi connectivity index (χ0v) is 18.9. The summed E-state index contributed by atoms with van der Waals surface area (Å²) in [6.45, 7) is 14.4. The van der Waals surface area contributed by atoms with Gasteiger partial charge in [-0.25, -0.2) is 0 Å². The molecular formula is C25H52. The molecule has 3 atom stereocenters. The van der Waals surface area contributed by atoms with E-state index < -0.39 is 0 Å². The van der Waals surface area contributed by atoms with Gasteiger partial charge in [0.2, 0.25) is 0 Å². The predicted octanol–water partition coefficient (Wildman–Crippen LogP) is 9.42. The summed E-state index contributed by atoms with van der Waals surface area (Å²) in [5.74, 6) is 3.71. The molecular weight excluding hydrogens is 300 g/mol. The number of unbranched alkanes of at least 4 members (excludes halogenated alkanes) is 5. The lowest BCUT2D eigenvalue weighted by molar-refractivity contribution is 0.360. The lowest BCUT2D eigenvalue weighted by Crippen LogP contribution is -2.02. The van der Waals surface area contributed by atoms with Gasteiger partial charge in [-0.1, -0.05) is 138 Å². The minimum Gasteiger partial charge on any atom is -0.0654 e. The summed E-state index contributed by atoms with van der Waals surface area (Å²) in [6.07, 6.45) is 21.7. The zero-order valence-electron chi connectivity index (χ0n) is 18.9. The van der Waals surface area contributed by atoms with Crippen LogP contribution in [-0.4, -0.2) is 0 Å². The van der Waals surface area contributed by atoms with Gasteiger partial charge in [0.1, 0.15) is 0 Å². The van der Waals surface area contributed by atoms with Crippen molar-refractivity contribution in [2.75, 3.05) is 0 Å². The first-order valence-electron chi connectivity index (χ1n) is 12.0. The highest BCUT2D eigenvalue weighted by molar-refractivity contribution is 4.62. The summed E-state index contributed by atoms with van der Waals surface area (Å²) in [5, 5.41) is 0. The van der Waals surface area contributed by atoms with E-state index >= 15 is 0 Å². The second-order valence-electron chi connectivity index (χ2n) is 9.70. The Labute approximate surface area is 161 Å². The summed E-state index contributed by atoms with van der Waals surface area (Å²) in [6, 6.07) is 0. The first-order chi connectivity index (χ1) is 12.0. The average Bonchev–Trinajstić information content (AvgIpc) is 2.55. The van der Waals surface area contributed by atoms with Gasteiger partial charge in [-0.15, -0.1) is 0 Å². The fourth-order valence-corrected chi connectivity index (χ4v) is 3.96. The molecule has 0 saturated heterocycles. The smallest absolute Gasteiger partial charge is 0.0443 e. The lowest BCUT2D eigenvalue weighted by atomic mass is 9.89. The predicted molar refractivity (Wildman–Crippen MR) is 117 cm³/mol. The van der Waals surface area contributed by atoms with Crippen molar-refractivity contribution < 1.29 is 0 Å². The molecule has 0 amide bonds. The van der Waals surface area contributed by atoms with Gasteiger partial charge in [0.25, 0.3) is 0 Å². The molecule has 0 fully saturated rings. The van der Waals surface area contributed by atoms with Crippen LogP contribution in [0.2, 0.25) is 0 Å². The molecule has 0 aromatic carbocycles. The van der Waals surface area contributed by atoms with Gasteiger partial charge < -0.3 is 0 Å². The van der Waals surface area contributed by atoms with Crippen LogP contribution in [0.1, 0.15) is 138 Å². The molecule has 0 N–H and O–H groups in total. The van der Waals surface area contributed by atoms with Crippen LogP contribution in [-0.2, 0) is 0 Å². The van der Waals surface area contributed by atoms with Crippen LogP contribution < -0.4 is 0 Å². The maximum absolute atomic E-state index is 2.49. The quantitative estimate of drug-likeness (QED) is 0.215. The summed E-state index contributed by atoms with van der Waals surface area (Å²) in [5.41, 5.74) is 0. The topological polar surface area (TPSA) is 0 Å². The third-order valence-electron chi connectivity index (χ3n) is 6.07. The monoisotopic (exact) mass is 352 g/mol. The standard InChI is InChI=1S/C25H52/c1-7-8-9-10-11-12-16-24(5)20-21-25(6)19-14-18-23(4)17-13-15-22(2)3/h22-25H,7-21H2,1-6H3. The Kier molecular flexibility index (Phi) is 17.4. The minimum absolute atomic E-state index is 0.880. The maximum Gasteiger partial charge on any atom is -0.0443 e. The summed E-state index contributed by atoms with van der Waals surface area (Å²) < 4.78 is 0. The maximum atomic E-state index is 2.49. The normalized spacial score (nSPS) is 15.5. The molecule has 0 aliphatic rings. The number of hydrogen-bond donors (Lipinski definition) is 0. The Morgan fingerprint density at radius 2 is 0.800 bits per heavy atom. The van der Waals surface area contributed by atoms with Crippen LogP contribution >= 0.6 is 0 Å². The number of rotatable bonds is 18. The molecule has 152 valence electrons. The number of hydrogen-bond acceptors (Lipinski definition) is 0. The van der Waals surface area contributed by atoms with Crippen LogP contribution in [0.4, 0.5) is 0 Å². The Bertz CT molecular complexity index is 255. The summed E-state index contributed by atoms with van der Waals surface area (Å²) in [4.78, 5) is 0. The van der Waals surface area contributed by atoms with E-state index in [4.69, 9.17) is 0 Å². The third kappa shape index (κ3) is 18.6. The largest absolute Gasteiger partial charge is 0.0654 e. The molecule has 0 heteroatoms. The molecule has 25 heavy (non-hydrogen) atoms. The van der Waals surface area contributed by atoms with Crippen molar-refractivity contribution in [1.29, 1.82) is 0 Å². The Hall–Kier alpha value is 0. The van der Waals surface area contributed by atoms with Crippen molar-refractivity contribution in [2.45, 2.75) is 138 Å². The molecule has 0 aromatic rings. The van der Waals surface area contributed by atoms with Crippen LogP contribution in [0.3, 0.4) is 0 Å². The van der Waals surface area contributed by atoms with Crippen molar-refractivity contribution in [3.05, 3.63) is 0 Å². The second-order valence-corrected chi connectivity index (χ2v) is 9.70. The molecule has 0 nitrogen and oxygen atoms in total. The highest BCUT2D eigenvalue weighted by Gasteiger charge is 2.09. The van der Waals surface area contributed by atoms with E-state index in [-0.39, 0.29) is 0 Å². The van der Waals surface area contributed by atoms with E-state index in [1.54, 1.807) is 0 Å². The highest BCUT2D eigenvalue weighted by atomic mass is 14.1.